The van der Waals surface area contributed by atoms with Crippen molar-refractivity contribution in [1.29, 1.82) is 0 Å². The van der Waals surface area contributed by atoms with E-state index in [-0.39, 0.29) is 17.8 Å². The Balaban J connectivity index is 1.86. The molecule has 5 heteroatoms. The lowest BCUT2D eigenvalue weighted by molar-refractivity contribution is -0.222. The lowest BCUT2D eigenvalue weighted by atomic mass is 9.66. The highest BCUT2D eigenvalue weighted by Gasteiger charge is 2.75. The van der Waals surface area contributed by atoms with Crippen LogP contribution in [-0.2, 0) is 14.3 Å². The Kier molecular flexibility index (Phi) is 3.32. The predicted molar refractivity (Wildman–Crippen MR) is 75.3 cm³/mol. The molecule has 0 saturated carbocycles. The van der Waals surface area contributed by atoms with Gasteiger partial charge in [-0.05, 0) is 44.9 Å². The van der Waals surface area contributed by atoms with Crippen LogP contribution in [0.4, 0.5) is 0 Å². The van der Waals surface area contributed by atoms with Gasteiger partial charge in [-0.25, -0.2) is 4.79 Å². The smallest absolute Gasteiger partial charge is 0.336 e. The minimum absolute atomic E-state index is 0.0983. The molecule has 110 valence electrons. The zero-order chi connectivity index (χ0) is 14.4. The second-order valence-electron chi connectivity index (χ2n) is 6.24. The summed E-state index contributed by atoms with van der Waals surface area (Å²) in [6, 6.07) is 0. The van der Waals surface area contributed by atoms with Gasteiger partial charge in [-0.15, -0.1) is 11.6 Å². The predicted octanol–water partition coefficient (Wildman–Crippen LogP) is 2.16. The Morgan fingerprint density at radius 2 is 2.30 bits per heavy atom. The molecule has 4 unspecified atom stereocenters. The molecule has 0 spiro atoms. The number of carbonyl (C=O) groups is 2. The van der Waals surface area contributed by atoms with Crippen LogP contribution in [0.5, 0.6) is 0 Å². The summed E-state index contributed by atoms with van der Waals surface area (Å²) in [4.78, 5) is 24.3. The van der Waals surface area contributed by atoms with E-state index in [9.17, 15) is 9.59 Å². The molecule has 1 amide bonds. The lowest BCUT2D eigenvalue weighted by Gasteiger charge is -2.52. The summed E-state index contributed by atoms with van der Waals surface area (Å²) in [6.07, 6.45) is 8.83. The van der Waals surface area contributed by atoms with Gasteiger partial charge >= 0.3 is 5.97 Å². The maximum absolute atomic E-state index is 12.2. The maximum Gasteiger partial charge on any atom is 0.336 e. The Bertz CT molecular complexity index is 478. The molecule has 3 aliphatic rings. The van der Waals surface area contributed by atoms with E-state index in [2.05, 4.69) is 17.5 Å². The Morgan fingerprint density at radius 3 is 2.90 bits per heavy atom. The zero-order valence-corrected chi connectivity index (χ0v) is 12.4. The van der Waals surface area contributed by atoms with Crippen LogP contribution in [0.15, 0.2) is 12.2 Å². The third kappa shape index (κ3) is 1.73. The summed E-state index contributed by atoms with van der Waals surface area (Å²) in [5, 5.41) is 2.93. The quantitative estimate of drug-likeness (QED) is 0.491. The summed E-state index contributed by atoms with van der Waals surface area (Å²) in [5.41, 5.74) is -1.57. The van der Waals surface area contributed by atoms with Gasteiger partial charge in [0.05, 0.1) is 5.92 Å². The van der Waals surface area contributed by atoms with Crippen molar-refractivity contribution in [3.8, 4) is 0 Å². The van der Waals surface area contributed by atoms with E-state index in [1.54, 1.807) is 0 Å². The average Bonchev–Trinajstić information content (AvgIpc) is 2.59. The fourth-order valence-corrected chi connectivity index (χ4v) is 4.13. The van der Waals surface area contributed by atoms with Crippen LogP contribution in [0.1, 0.15) is 39.0 Å². The number of nitrogens with one attached hydrogen (secondary N) is 1. The molecule has 2 fully saturated rings. The molecule has 1 N–H and O–H groups in total. The van der Waals surface area contributed by atoms with E-state index >= 15 is 0 Å². The van der Waals surface area contributed by atoms with Crippen molar-refractivity contribution in [1.82, 2.24) is 5.32 Å². The molecule has 4 nitrogen and oxygen atoms in total. The second kappa shape index (κ2) is 4.76. The SMILES string of the molecule is CC12OC(=O)C1(CC1C=CCCC1)NC(=O)C2CCCl. The van der Waals surface area contributed by atoms with Gasteiger partial charge in [-0.2, -0.15) is 0 Å². The number of carbonyl (C=O) groups excluding carboxylic acids is 2. The number of hydrogen-bond donors (Lipinski definition) is 1. The van der Waals surface area contributed by atoms with Crippen molar-refractivity contribution < 1.29 is 14.3 Å². The van der Waals surface area contributed by atoms with E-state index in [4.69, 9.17) is 16.3 Å². The van der Waals surface area contributed by atoms with Gasteiger partial charge in [0, 0.05) is 5.88 Å². The number of alkyl halides is 1. The normalized spacial score (nSPS) is 42.7. The second-order valence-corrected chi connectivity index (χ2v) is 6.62. The first-order chi connectivity index (χ1) is 9.53. The number of esters is 1. The highest BCUT2D eigenvalue weighted by molar-refractivity contribution is 6.18. The number of hydrogen-bond acceptors (Lipinski definition) is 3. The summed E-state index contributed by atoms with van der Waals surface area (Å²) in [7, 11) is 0. The van der Waals surface area contributed by atoms with E-state index < -0.39 is 11.1 Å². The maximum atomic E-state index is 12.2. The largest absolute Gasteiger partial charge is 0.453 e. The minimum atomic E-state index is -0.840. The van der Waals surface area contributed by atoms with Crippen LogP contribution in [0.25, 0.3) is 0 Å². The van der Waals surface area contributed by atoms with Gasteiger partial charge in [0.25, 0.3) is 0 Å². The molecule has 2 aliphatic heterocycles. The van der Waals surface area contributed by atoms with Gasteiger partial charge in [0.1, 0.15) is 0 Å². The van der Waals surface area contributed by atoms with Crippen LogP contribution in [0.3, 0.4) is 0 Å². The molecule has 0 bridgehead atoms. The fourth-order valence-electron chi connectivity index (χ4n) is 3.91. The first-order valence-electron chi connectivity index (χ1n) is 7.31. The van der Waals surface area contributed by atoms with Crippen LogP contribution in [0.2, 0.25) is 0 Å². The van der Waals surface area contributed by atoms with Crippen LogP contribution >= 0.6 is 11.6 Å². The van der Waals surface area contributed by atoms with Gasteiger partial charge in [0.15, 0.2) is 11.1 Å². The third-order valence-corrected chi connectivity index (χ3v) is 5.36. The average molecular weight is 298 g/mol. The number of fused-ring (bicyclic) bond motifs is 1. The molecule has 20 heavy (non-hydrogen) atoms. The number of ether oxygens (including phenoxy) is 1. The van der Waals surface area contributed by atoms with Crippen LogP contribution in [0, 0.1) is 11.8 Å². The molecular weight excluding hydrogens is 278 g/mol. The number of halogens is 1. The van der Waals surface area contributed by atoms with Gasteiger partial charge < -0.3 is 10.1 Å². The Morgan fingerprint density at radius 1 is 1.50 bits per heavy atom. The first kappa shape index (κ1) is 13.9. The van der Waals surface area contributed by atoms with E-state index in [1.165, 1.54) is 0 Å². The molecule has 0 aromatic rings. The molecule has 3 rings (SSSR count). The molecular formula is C15H20ClNO3. The van der Waals surface area contributed by atoms with E-state index in [1.807, 2.05) is 6.92 Å². The topological polar surface area (TPSA) is 55.4 Å². The zero-order valence-electron chi connectivity index (χ0n) is 11.7. The minimum Gasteiger partial charge on any atom is -0.453 e. The van der Waals surface area contributed by atoms with Crippen molar-refractivity contribution >= 4 is 23.5 Å². The molecule has 0 aromatic heterocycles. The van der Waals surface area contributed by atoms with Crippen molar-refractivity contribution in [3.05, 3.63) is 12.2 Å². The van der Waals surface area contributed by atoms with Gasteiger partial charge in [-0.3, -0.25) is 4.79 Å². The summed E-state index contributed by atoms with van der Waals surface area (Å²) >= 11 is 5.79. The van der Waals surface area contributed by atoms with Gasteiger partial charge in [-0.1, -0.05) is 12.2 Å². The molecule has 1 aliphatic carbocycles. The molecule has 0 aromatic carbocycles. The lowest BCUT2D eigenvalue weighted by Crippen LogP contribution is -2.74. The molecule has 2 heterocycles. The van der Waals surface area contributed by atoms with Crippen LogP contribution < -0.4 is 5.32 Å². The van der Waals surface area contributed by atoms with Crippen molar-refractivity contribution in [2.24, 2.45) is 11.8 Å². The van der Waals surface area contributed by atoms with Gasteiger partial charge in [0.2, 0.25) is 5.91 Å². The molecule has 4 atom stereocenters. The van der Waals surface area contributed by atoms with E-state index in [0.717, 1.165) is 19.3 Å². The number of amides is 1. The summed E-state index contributed by atoms with van der Waals surface area (Å²) < 4.78 is 5.43. The number of allylic oxidation sites excluding steroid dienone is 2. The monoisotopic (exact) mass is 297 g/mol. The standard InChI is InChI=1S/C15H20ClNO3/c1-14-11(7-8-16)12(18)17-15(14,13(19)20-14)9-10-5-3-2-4-6-10/h3,5,10-11H,2,4,6-9H2,1H3,(H,17,18). The Labute approximate surface area is 123 Å². The van der Waals surface area contributed by atoms with Crippen molar-refractivity contribution in [2.45, 2.75) is 50.2 Å². The van der Waals surface area contributed by atoms with E-state index in [0.29, 0.717) is 24.6 Å². The fraction of sp³-hybridized carbons (Fsp3) is 0.733. The number of rotatable bonds is 4. The molecule has 2 saturated heterocycles. The van der Waals surface area contributed by atoms with Crippen molar-refractivity contribution in [2.75, 3.05) is 5.88 Å². The highest BCUT2D eigenvalue weighted by Crippen LogP contribution is 2.53. The van der Waals surface area contributed by atoms with Crippen molar-refractivity contribution in [3.63, 3.8) is 0 Å². The summed E-state index contributed by atoms with van der Waals surface area (Å²) in [5.74, 6) is 0.0180. The Hall–Kier alpha value is -1.03. The first-order valence-corrected chi connectivity index (χ1v) is 7.85. The summed E-state index contributed by atoms with van der Waals surface area (Å²) in [6.45, 7) is 1.87. The highest BCUT2D eigenvalue weighted by atomic mass is 35.5. The molecule has 0 radical (unpaired) electrons. The third-order valence-electron chi connectivity index (χ3n) is 5.14. The van der Waals surface area contributed by atoms with Crippen LogP contribution in [-0.4, -0.2) is 28.9 Å².